The van der Waals surface area contributed by atoms with Crippen LogP contribution in [0.3, 0.4) is 0 Å². The Morgan fingerprint density at radius 3 is 2.32 bits per heavy atom. The second kappa shape index (κ2) is 5.14. The minimum Gasteiger partial charge on any atom is -0.279 e. The first-order chi connectivity index (χ1) is 14.9. The molecule has 3 nitrogen and oxygen atoms in total. The molecule has 0 N–H and O–H groups in total. The summed E-state index contributed by atoms with van der Waals surface area (Å²) >= 11 is 0. The van der Waals surface area contributed by atoms with Gasteiger partial charge in [-0.1, -0.05) is 32.9 Å². The maximum absolute atomic E-state index is 5.25. The Kier molecular flexibility index (Phi) is 2.85. The van der Waals surface area contributed by atoms with Gasteiger partial charge in [-0.2, -0.15) is 0 Å². The molecular weight excluding hydrogens is 378 g/mol. The van der Waals surface area contributed by atoms with Crippen molar-refractivity contribution in [3.63, 3.8) is 0 Å². The van der Waals surface area contributed by atoms with Crippen molar-refractivity contribution >= 4 is 27.6 Å². The fourth-order valence-electron chi connectivity index (χ4n) is 8.33. The van der Waals surface area contributed by atoms with Crippen LogP contribution < -0.4 is 0 Å². The number of para-hydroxylation sites is 1. The number of fused-ring (bicyclic) bond motifs is 10. The molecule has 3 heteroatoms. The minimum atomic E-state index is -0.0551. The van der Waals surface area contributed by atoms with Crippen LogP contribution in [0.4, 0.5) is 0 Å². The van der Waals surface area contributed by atoms with Crippen LogP contribution in [-0.4, -0.2) is 14.4 Å². The van der Waals surface area contributed by atoms with Gasteiger partial charge in [-0.05, 0) is 96.6 Å². The molecular formula is C28H29N3. The molecule has 156 valence electrons. The minimum absolute atomic E-state index is 0.0551. The Morgan fingerprint density at radius 2 is 1.58 bits per heavy atom. The summed E-state index contributed by atoms with van der Waals surface area (Å²) in [7, 11) is 0. The summed E-state index contributed by atoms with van der Waals surface area (Å²) in [5.41, 5.74) is 8.48. The largest absolute Gasteiger partial charge is 0.279 e. The normalized spacial score (nSPS) is 33.1. The van der Waals surface area contributed by atoms with Crippen LogP contribution in [0, 0.1) is 17.3 Å². The van der Waals surface area contributed by atoms with E-state index >= 15 is 0 Å². The number of benzene rings is 2. The first kappa shape index (κ1) is 17.2. The Labute approximate surface area is 182 Å². The third-order valence-electron chi connectivity index (χ3n) is 9.58. The molecule has 5 atom stereocenters. The van der Waals surface area contributed by atoms with Crippen molar-refractivity contribution in [3.05, 3.63) is 53.3 Å². The molecule has 5 unspecified atom stereocenters. The zero-order valence-corrected chi connectivity index (χ0v) is 18.7. The van der Waals surface area contributed by atoms with E-state index in [0.717, 1.165) is 51.6 Å². The molecule has 2 heterocycles. The Bertz CT molecular complexity index is 1440. The molecule has 2 aromatic heterocycles. The molecule has 4 aliphatic carbocycles. The standard InChI is InChI=1S/C28H29N3/c1-27(2,3)26-30-22-7-5-4-6-19(22)25-29-23-11-20-15-8-17-10-18-9-16(14-28(17,18)13-15)21(20)12-24(23)31(25)26/h4-7,11-12,15-18H,8-10,13-14H2,1-3H3. The number of hydrogen-bond donors (Lipinski definition) is 0. The summed E-state index contributed by atoms with van der Waals surface area (Å²) < 4.78 is 2.38. The number of imidazole rings is 1. The molecule has 3 fully saturated rings. The maximum atomic E-state index is 5.25. The fraction of sp³-hybridized carbons (Fsp3) is 0.500. The highest BCUT2D eigenvalue weighted by atomic mass is 15.1. The quantitative estimate of drug-likeness (QED) is 0.324. The lowest BCUT2D eigenvalue weighted by Crippen LogP contribution is -2.41. The summed E-state index contributed by atoms with van der Waals surface area (Å²) in [6, 6.07) is 13.5. The number of nitrogens with zero attached hydrogens (tertiary/aromatic N) is 3. The van der Waals surface area contributed by atoms with Crippen LogP contribution in [0.15, 0.2) is 36.4 Å². The molecule has 8 rings (SSSR count). The monoisotopic (exact) mass is 407 g/mol. The Morgan fingerprint density at radius 1 is 0.871 bits per heavy atom. The number of rotatable bonds is 0. The van der Waals surface area contributed by atoms with E-state index in [1.807, 2.05) is 0 Å². The van der Waals surface area contributed by atoms with Crippen molar-refractivity contribution in [2.45, 2.75) is 70.1 Å². The van der Waals surface area contributed by atoms with Gasteiger partial charge < -0.3 is 0 Å². The van der Waals surface area contributed by atoms with Crippen molar-refractivity contribution < 1.29 is 0 Å². The average Bonchev–Trinajstić information content (AvgIpc) is 3.33. The van der Waals surface area contributed by atoms with E-state index in [1.165, 1.54) is 37.6 Å². The number of aromatic nitrogens is 3. The molecule has 2 aromatic carbocycles. The average molecular weight is 408 g/mol. The van der Waals surface area contributed by atoms with E-state index < -0.39 is 0 Å². The Hall–Kier alpha value is -2.42. The summed E-state index contributed by atoms with van der Waals surface area (Å²) in [4.78, 5) is 10.4. The lowest BCUT2D eigenvalue weighted by atomic mass is 9.56. The van der Waals surface area contributed by atoms with E-state index in [0.29, 0.717) is 5.41 Å². The van der Waals surface area contributed by atoms with Gasteiger partial charge in [0.25, 0.3) is 0 Å². The van der Waals surface area contributed by atoms with Gasteiger partial charge in [-0.3, -0.25) is 4.40 Å². The highest BCUT2D eigenvalue weighted by molar-refractivity contribution is 5.97. The lowest BCUT2D eigenvalue weighted by molar-refractivity contribution is 0.00322. The van der Waals surface area contributed by atoms with E-state index in [2.05, 4.69) is 61.6 Å². The van der Waals surface area contributed by atoms with Crippen molar-refractivity contribution in [2.24, 2.45) is 17.3 Å². The van der Waals surface area contributed by atoms with Crippen molar-refractivity contribution in [2.75, 3.05) is 0 Å². The van der Waals surface area contributed by atoms with Crippen LogP contribution in [0.25, 0.3) is 27.6 Å². The molecule has 1 spiro atoms. The maximum Gasteiger partial charge on any atom is 0.148 e. The first-order valence-corrected chi connectivity index (χ1v) is 12.2. The SMILES string of the molecule is CC(C)(C)c1nc2ccccc2c2nc3cc4c(cc3n12)C1CC2CC3CC4CC32C1. The van der Waals surface area contributed by atoms with Crippen molar-refractivity contribution in [1.82, 2.24) is 14.4 Å². The molecule has 0 radical (unpaired) electrons. The summed E-state index contributed by atoms with van der Waals surface area (Å²) in [5, 5.41) is 1.16. The van der Waals surface area contributed by atoms with Gasteiger partial charge in [-0.15, -0.1) is 0 Å². The van der Waals surface area contributed by atoms with Crippen molar-refractivity contribution in [1.29, 1.82) is 0 Å². The van der Waals surface area contributed by atoms with Gasteiger partial charge in [-0.25, -0.2) is 9.97 Å². The Balaban J connectivity index is 1.48. The van der Waals surface area contributed by atoms with E-state index in [-0.39, 0.29) is 5.41 Å². The van der Waals surface area contributed by atoms with Crippen LogP contribution in [-0.2, 0) is 5.41 Å². The predicted molar refractivity (Wildman–Crippen MR) is 125 cm³/mol. The highest BCUT2D eigenvalue weighted by Gasteiger charge is 2.65. The fourth-order valence-corrected chi connectivity index (χ4v) is 8.33. The molecule has 0 saturated heterocycles. The summed E-state index contributed by atoms with van der Waals surface area (Å²) in [6.45, 7) is 6.81. The van der Waals surface area contributed by atoms with E-state index in [9.17, 15) is 0 Å². The van der Waals surface area contributed by atoms with E-state index in [1.54, 1.807) is 11.1 Å². The molecule has 3 saturated carbocycles. The second-order valence-corrected chi connectivity index (χ2v) is 12.1. The van der Waals surface area contributed by atoms with Gasteiger partial charge in [0.2, 0.25) is 0 Å². The summed E-state index contributed by atoms with van der Waals surface area (Å²) in [6.07, 6.45) is 7.25. The van der Waals surface area contributed by atoms with E-state index in [4.69, 9.17) is 9.97 Å². The molecule has 0 amide bonds. The lowest BCUT2D eigenvalue weighted by Gasteiger charge is -2.48. The molecule has 0 aliphatic heterocycles. The van der Waals surface area contributed by atoms with Gasteiger partial charge in [0.1, 0.15) is 11.5 Å². The first-order valence-electron chi connectivity index (χ1n) is 12.2. The summed E-state index contributed by atoms with van der Waals surface area (Å²) in [5.74, 6) is 4.66. The second-order valence-electron chi connectivity index (χ2n) is 12.1. The zero-order chi connectivity index (χ0) is 20.7. The van der Waals surface area contributed by atoms with Crippen molar-refractivity contribution in [3.8, 4) is 0 Å². The van der Waals surface area contributed by atoms with Gasteiger partial charge in [0.05, 0.1) is 16.6 Å². The van der Waals surface area contributed by atoms with Gasteiger partial charge >= 0.3 is 0 Å². The smallest absolute Gasteiger partial charge is 0.148 e. The third-order valence-corrected chi connectivity index (χ3v) is 9.58. The van der Waals surface area contributed by atoms with Crippen LogP contribution >= 0.6 is 0 Å². The number of hydrogen-bond acceptors (Lipinski definition) is 2. The highest BCUT2D eigenvalue weighted by Crippen LogP contribution is 2.76. The van der Waals surface area contributed by atoms with Crippen LogP contribution in [0.5, 0.6) is 0 Å². The molecule has 4 aliphatic rings. The topological polar surface area (TPSA) is 30.2 Å². The van der Waals surface area contributed by atoms with Crippen LogP contribution in [0.2, 0.25) is 0 Å². The predicted octanol–water partition coefficient (Wildman–Crippen LogP) is 6.72. The van der Waals surface area contributed by atoms with Gasteiger partial charge in [0, 0.05) is 10.8 Å². The van der Waals surface area contributed by atoms with Gasteiger partial charge in [0.15, 0.2) is 0 Å². The zero-order valence-electron chi connectivity index (χ0n) is 18.7. The molecule has 4 aromatic rings. The van der Waals surface area contributed by atoms with Crippen LogP contribution in [0.1, 0.15) is 81.7 Å². The molecule has 31 heavy (non-hydrogen) atoms. The molecule has 3 bridgehead atoms. The third kappa shape index (κ3) is 1.93.